The van der Waals surface area contributed by atoms with Gasteiger partial charge in [-0.2, -0.15) is 0 Å². The molecule has 0 heterocycles. The molecule has 2 N–H and O–H groups in total. The normalized spacial score (nSPS) is 17.4. The maximum absolute atomic E-state index is 6.88. The Bertz CT molecular complexity index is 70.9. The van der Waals surface area contributed by atoms with Crippen molar-refractivity contribution in [2.24, 2.45) is 5.92 Å². The molecule has 0 aromatic rings. The van der Waals surface area contributed by atoms with Crippen LogP contribution in [0.4, 0.5) is 0 Å². The molecule has 0 rings (SSSR count). The second kappa shape index (κ2) is 3.61. The van der Waals surface area contributed by atoms with E-state index >= 15 is 0 Å². The van der Waals surface area contributed by atoms with Gasteiger partial charge >= 0.3 is 0 Å². The van der Waals surface area contributed by atoms with Crippen LogP contribution in [0.15, 0.2) is 0 Å². The predicted molar refractivity (Wildman–Crippen MR) is 36.5 cm³/mol. The largest absolute Gasteiger partial charge is 0.317 e. The van der Waals surface area contributed by atoms with Crippen molar-refractivity contribution in [1.82, 2.24) is 5.32 Å². The third-order valence-corrected chi connectivity index (χ3v) is 1.51. The van der Waals surface area contributed by atoms with Gasteiger partial charge in [-0.25, -0.2) is 0 Å². The maximum Gasteiger partial charge on any atom is 0.0111 e. The molecule has 2 atom stereocenters. The standard InChI is InChI=1S/C6H14N2/c1-5(4-7)6(2)8-3/h4-8H,1-3H3. The molecule has 0 aliphatic carbocycles. The maximum atomic E-state index is 6.88. The van der Waals surface area contributed by atoms with Gasteiger partial charge in [0.15, 0.2) is 0 Å². The average Bonchev–Trinajstić information content (AvgIpc) is 1.84. The van der Waals surface area contributed by atoms with Crippen LogP contribution in [-0.4, -0.2) is 19.3 Å². The van der Waals surface area contributed by atoms with Crippen molar-refractivity contribution in [2.75, 3.05) is 7.05 Å². The lowest BCUT2D eigenvalue weighted by Gasteiger charge is -2.12. The topological polar surface area (TPSA) is 35.9 Å². The van der Waals surface area contributed by atoms with Crippen molar-refractivity contribution in [1.29, 1.82) is 5.41 Å². The van der Waals surface area contributed by atoms with Gasteiger partial charge in [-0.3, -0.25) is 0 Å². The Morgan fingerprint density at radius 1 is 1.50 bits per heavy atom. The van der Waals surface area contributed by atoms with Gasteiger partial charge in [-0.05, 0) is 20.2 Å². The lowest BCUT2D eigenvalue weighted by Crippen LogP contribution is -2.29. The summed E-state index contributed by atoms with van der Waals surface area (Å²) in [7, 11) is 1.91. The molecule has 0 amide bonds. The fourth-order valence-corrected chi connectivity index (χ4v) is 0.407. The first-order valence-corrected chi connectivity index (χ1v) is 2.90. The molecule has 0 aliphatic rings. The summed E-state index contributed by atoms with van der Waals surface area (Å²) in [5, 5.41) is 9.94. The molecule has 0 bridgehead atoms. The van der Waals surface area contributed by atoms with Crippen molar-refractivity contribution < 1.29 is 0 Å². The summed E-state index contributed by atoms with van der Waals surface area (Å²) in [6.45, 7) is 4.09. The molecule has 0 fully saturated rings. The number of rotatable bonds is 3. The second-order valence-electron chi connectivity index (χ2n) is 2.10. The summed E-state index contributed by atoms with van der Waals surface area (Å²) in [6, 6.07) is 0.424. The third-order valence-electron chi connectivity index (χ3n) is 1.51. The van der Waals surface area contributed by atoms with Crippen LogP contribution in [-0.2, 0) is 0 Å². The van der Waals surface area contributed by atoms with E-state index in [0.717, 1.165) is 0 Å². The lowest BCUT2D eigenvalue weighted by atomic mass is 10.1. The Kier molecular flexibility index (Phi) is 3.44. The van der Waals surface area contributed by atoms with E-state index in [0.29, 0.717) is 12.0 Å². The summed E-state index contributed by atoms with van der Waals surface area (Å²) in [5.74, 6) is 0.347. The Morgan fingerprint density at radius 2 is 2.00 bits per heavy atom. The highest BCUT2D eigenvalue weighted by atomic mass is 14.9. The molecule has 0 aromatic heterocycles. The zero-order chi connectivity index (χ0) is 6.57. The highest BCUT2D eigenvalue weighted by Gasteiger charge is 2.04. The predicted octanol–water partition coefficient (Wildman–Crippen LogP) is 0.880. The first-order chi connectivity index (χ1) is 3.72. The summed E-state index contributed by atoms with van der Waals surface area (Å²) in [5.41, 5.74) is 0. The van der Waals surface area contributed by atoms with Crippen LogP contribution in [0, 0.1) is 11.3 Å². The Hall–Kier alpha value is -0.370. The molecule has 0 spiro atoms. The number of hydrogen-bond donors (Lipinski definition) is 2. The van der Waals surface area contributed by atoms with E-state index < -0.39 is 0 Å². The van der Waals surface area contributed by atoms with Gasteiger partial charge in [-0.15, -0.1) is 0 Å². The molecular formula is C6H14N2. The van der Waals surface area contributed by atoms with Crippen molar-refractivity contribution >= 4 is 6.21 Å². The number of nitrogens with one attached hydrogen (secondary N) is 2. The van der Waals surface area contributed by atoms with Gasteiger partial charge < -0.3 is 10.7 Å². The third kappa shape index (κ3) is 2.07. The average molecular weight is 114 g/mol. The first kappa shape index (κ1) is 7.63. The fourth-order valence-electron chi connectivity index (χ4n) is 0.407. The van der Waals surface area contributed by atoms with Gasteiger partial charge in [0.2, 0.25) is 0 Å². The van der Waals surface area contributed by atoms with Crippen LogP contribution in [0.1, 0.15) is 13.8 Å². The van der Waals surface area contributed by atoms with Gasteiger partial charge in [-0.1, -0.05) is 6.92 Å². The SMILES string of the molecule is CNC(C)C(C)C=N. The van der Waals surface area contributed by atoms with E-state index in [-0.39, 0.29) is 0 Å². The molecule has 2 unspecified atom stereocenters. The van der Waals surface area contributed by atoms with E-state index in [4.69, 9.17) is 5.41 Å². The van der Waals surface area contributed by atoms with Crippen LogP contribution < -0.4 is 5.32 Å². The van der Waals surface area contributed by atoms with Crippen LogP contribution in [0.5, 0.6) is 0 Å². The molecule has 48 valence electrons. The molecule has 0 aromatic carbocycles. The van der Waals surface area contributed by atoms with Crippen molar-refractivity contribution in [3.05, 3.63) is 0 Å². The zero-order valence-electron chi connectivity index (χ0n) is 5.73. The van der Waals surface area contributed by atoms with Gasteiger partial charge in [0, 0.05) is 12.0 Å². The van der Waals surface area contributed by atoms with E-state index in [1.165, 1.54) is 6.21 Å². The van der Waals surface area contributed by atoms with Crippen LogP contribution >= 0.6 is 0 Å². The number of hydrogen-bond acceptors (Lipinski definition) is 2. The monoisotopic (exact) mass is 114 g/mol. The minimum atomic E-state index is 0.347. The van der Waals surface area contributed by atoms with Crippen LogP contribution in [0.3, 0.4) is 0 Å². The Morgan fingerprint density at radius 3 is 2.12 bits per heavy atom. The summed E-state index contributed by atoms with van der Waals surface area (Å²) < 4.78 is 0. The molecular weight excluding hydrogens is 100 g/mol. The van der Waals surface area contributed by atoms with E-state index in [1.54, 1.807) is 0 Å². The highest BCUT2D eigenvalue weighted by molar-refractivity contribution is 5.57. The minimum absolute atomic E-state index is 0.347. The molecule has 8 heavy (non-hydrogen) atoms. The lowest BCUT2D eigenvalue weighted by molar-refractivity contribution is 0.527. The fraction of sp³-hybridized carbons (Fsp3) is 0.833. The van der Waals surface area contributed by atoms with Crippen molar-refractivity contribution in [3.63, 3.8) is 0 Å². The van der Waals surface area contributed by atoms with E-state index in [1.807, 2.05) is 14.0 Å². The van der Waals surface area contributed by atoms with Gasteiger partial charge in [0.1, 0.15) is 0 Å². The first-order valence-electron chi connectivity index (χ1n) is 2.90. The van der Waals surface area contributed by atoms with Gasteiger partial charge in [0.05, 0.1) is 0 Å². The minimum Gasteiger partial charge on any atom is -0.317 e. The quantitative estimate of drug-likeness (QED) is 0.525. The van der Waals surface area contributed by atoms with Crippen molar-refractivity contribution in [2.45, 2.75) is 19.9 Å². The van der Waals surface area contributed by atoms with Crippen molar-refractivity contribution in [3.8, 4) is 0 Å². The highest BCUT2D eigenvalue weighted by Crippen LogP contribution is 1.95. The molecule has 0 saturated heterocycles. The van der Waals surface area contributed by atoms with Crippen LogP contribution in [0.25, 0.3) is 0 Å². The Balaban J connectivity index is 3.44. The van der Waals surface area contributed by atoms with Crippen LogP contribution in [0.2, 0.25) is 0 Å². The molecule has 0 radical (unpaired) electrons. The van der Waals surface area contributed by atoms with E-state index in [2.05, 4.69) is 12.2 Å². The smallest absolute Gasteiger partial charge is 0.0111 e. The Labute approximate surface area is 50.8 Å². The molecule has 2 heteroatoms. The molecule has 2 nitrogen and oxygen atoms in total. The summed E-state index contributed by atoms with van der Waals surface area (Å²) in [6.07, 6.45) is 1.46. The summed E-state index contributed by atoms with van der Waals surface area (Å²) in [4.78, 5) is 0. The summed E-state index contributed by atoms with van der Waals surface area (Å²) >= 11 is 0. The molecule has 0 aliphatic heterocycles. The van der Waals surface area contributed by atoms with E-state index in [9.17, 15) is 0 Å². The molecule has 0 saturated carbocycles. The zero-order valence-corrected chi connectivity index (χ0v) is 5.73. The second-order valence-corrected chi connectivity index (χ2v) is 2.10. The van der Waals surface area contributed by atoms with Gasteiger partial charge in [0.25, 0.3) is 0 Å².